The molecule has 1 aromatic rings. The van der Waals surface area contributed by atoms with Crippen LogP contribution in [-0.4, -0.2) is 24.4 Å². The summed E-state index contributed by atoms with van der Waals surface area (Å²) < 4.78 is 28.8. The molecular weight excluding hydrogens is 194 g/mol. The van der Waals surface area contributed by atoms with Crippen molar-refractivity contribution in [2.45, 2.75) is 6.43 Å². The van der Waals surface area contributed by atoms with Gasteiger partial charge in [-0.25, -0.2) is 8.78 Å². The third-order valence-electron chi connectivity index (χ3n) is 1.65. The van der Waals surface area contributed by atoms with E-state index in [0.29, 0.717) is 0 Å². The summed E-state index contributed by atoms with van der Waals surface area (Å²) in [6.45, 7) is 0. The molecule has 0 saturated heterocycles. The largest absolute Gasteiger partial charge is 0.508 e. The number of carbonyl (C=O) groups excluding carboxylic acids is 1. The van der Waals surface area contributed by atoms with E-state index >= 15 is 0 Å². The average Bonchev–Trinajstić information content (AvgIpc) is 2.16. The second-order valence-corrected chi connectivity index (χ2v) is 2.55. The van der Waals surface area contributed by atoms with Crippen LogP contribution in [0.25, 0.3) is 0 Å². The van der Waals surface area contributed by atoms with Gasteiger partial charge < -0.3 is 9.84 Å². The summed E-state index contributed by atoms with van der Waals surface area (Å²) >= 11 is 0. The first-order valence-corrected chi connectivity index (χ1v) is 3.75. The summed E-state index contributed by atoms with van der Waals surface area (Å²) in [6, 6.07) is 3.36. The van der Waals surface area contributed by atoms with Crippen LogP contribution in [0, 0.1) is 0 Å². The fourth-order valence-corrected chi connectivity index (χ4v) is 1.00. The minimum Gasteiger partial charge on any atom is -0.508 e. The number of phenolic OH excluding ortho intramolecular Hbond substituents is 1. The molecule has 0 aromatic heterocycles. The fourth-order valence-electron chi connectivity index (χ4n) is 1.00. The van der Waals surface area contributed by atoms with E-state index in [9.17, 15) is 13.6 Å². The maximum absolute atomic E-state index is 12.1. The lowest BCUT2D eigenvalue weighted by Crippen LogP contribution is -2.11. The van der Waals surface area contributed by atoms with Crippen molar-refractivity contribution in [1.82, 2.24) is 0 Å². The number of ketones is 1. The van der Waals surface area contributed by atoms with Crippen molar-refractivity contribution >= 4 is 5.78 Å². The first kappa shape index (κ1) is 10.4. The minimum absolute atomic E-state index is 0.0599. The maximum atomic E-state index is 12.1. The second kappa shape index (κ2) is 4.04. The fraction of sp³-hybridized carbons (Fsp3) is 0.222. The first-order valence-electron chi connectivity index (χ1n) is 3.75. The van der Waals surface area contributed by atoms with Gasteiger partial charge in [0.15, 0.2) is 0 Å². The highest BCUT2D eigenvalue weighted by Crippen LogP contribution is 2.25. The van der Waals surface area contributed by atoms with E-state index in [-0.39, 0.29) is 17.1 Å². The van der Waals surface area contributed by atoms with Crippen molar-refractivity contribution in [2.75, 3.05) is 7.11 Å². The molecule has 0 unspecified atom stereocenters. The van der Waals surface area contributed by atoms with Gasteiger partial charge in [-0.1, -0.05) is 0 Å². The topological polar surface area (TPSA) is 46.5 Å². The van der Waals surface area contributed by atoms with Crippen LogP contribution in [0.1, 0.15) is 10.4 Å². The summed E-state index contributed by atoms with van der Waals surface area (Å²) in [5, 5.41) is 9.01. The van der Waals surface area contributed by atoms with Crippen LogP contribution in [-0.2, 0) is 0 Å². The van der Waals surface area contributed by atoms with E-state index < -0.39 is 12.2 Å². The number of aromatic hydroxyl groups is 1. The van der Waals surface area contributed by atoms with Gasteiger partial charge >= 0.3 is 6.43 Å². The van der Waals surface area contributed by atoms with E-state index in [2.05, 4.69) is 4.74 Å². The molecule has 0 amide bonds. The quantitative estimate of drug-likeness (QED) is 0.761. The van der Waals surface area contributed by atoms with Crippen LogP contribution in [0.4, 0.5) is 8.78 Å². The Kier molecular flexibility index (Phi) is 3.01. The van der Waals surface area contributed by atoms with Crippen molar-refractivity contribution in [1.29, 1.82) is 0 Å². The second-order valence-electron chi connectivity index (χ2n) is 2.55. The molecule has 1 N–H and O–H groups in total. The first-order chi connectivity index (χ1) is 6.56. The Balaban J connectivity index is 3.14. The lowest BCUT2D eigenvalue weighted by molar-refractivity contribution is 0.0675. The predicted molar refractivity (Wildman–Crippen MR) is 45.0 cm³/mol. The van der Waals surface area contributed by atoms with Gasteiger partial charge in [-0.05, 0) is 12.1 Å². The number of Topliss-reactive ketones (excluding diaryl/α,β-unsaturated/α-hetero) is 1. The average molecular weight is 202 g/mol. The van der Waals surface area contributed by atoms with Gasteiger partial charge in [0.25, 0.3) is 0 Å². The predicted octanol–water partition coefficient (Wildman–Crippen LogP) is 1.85. The Bertz CT molecular complexity index is 350. The standard InChI is InChI=1S/C9H8F2O3/c1-14-7-4-5(12)2-3-6(7)8(13)9(10)11/h2-4,9,12H,1H3. The highest BCUT2D eigenvalue weighted by molar-refractivity contribution is 6.01. The van der Waals surface area contributed by atoms with Gasteiger partial charge in [-0.3, -0.25) is 4.79 Å². The van der Waals surface area contributed by atoms with Gasteiger partial charge in [0.2, 0.25) is 5.78 Å². The summed E-state index contributed by atoms with van der Waals surface area (Å²) in [6.07, 6.45) is -3.08. The number of carbonyl (C=O) groups is 1. The van der Waals surface area contributed by atoms with Gasteiger partial charge in [-0.15, -0.1) is 0 Å². The van der Waals surface area contributed by atoms with E-state index in [0.717, 1.165) is 18.2 Å². The van der Waals surface area contributed by atoms with Crippen LogP contribution in [0.15, 0.2) is 18.2 Å². The summed E-state index contributed by atoms with van der Waals surface area (Å²) in [5.41, 5.74) is -0.236. The van der Waals surface area contributed by atoms with Crippen molar-refractivity contribution in [2.24, 2.45) is 0 Å². The maximum Gasteiger partial charge on any atom is 0.300 e. The van der Waals surface area contributed by atoms with Gasteiger partial charge in [0.05, 0.1) is 12.7 Å². The van der Waals surface area contributed by atoms with Crippen LogP contribution in [0.2, 0.25) is 0 Å². The number of methoxy groups -OCH3 is 1. The highest BCUT2D eigenvalue weighted by Gasteiger charge is 2.21. The number of alkyl halides is 2. The van der Waals surface area contributed by atoms with Gasteiger partial charge in [-0.2, -0.15) is 0 Å². The van der Waals surface area contributed by atoms with E-state index in [1.807, 2.05) is 0 Å². The Morgan fingerprint density at radius 1 is 1.50 bits per heavy atom. The lowest BCUT2D eigenvalue weighted by Gasteiger charge is -2.06. The third-order valence-corrected chi connectivity index (χ3v) is 1.65. The number of rotatable bonds is 3. The zero-order valence-corrected chi connectivity index (χ0v) is 7.33. The van der Waals surface area contributed by atoms with E-state index in [1.54, 1.807) is 0 Å². The number of phenols is 1. The molecule has 14 heavy (non-hydrogen) atoms. The molecule has 0 atom stereocenters. The normalized spacial score (nSPS) is 10.3. The van der Waals surface area contributed by atoms with Crippen molar-refractivity contribution < 1.29 is 23.4 Å². The smallest absolute Gasteiger partial charge is 0.300 e. The number of halogens is 2. The van der Waals surface area contributed by atoms with Crippen LogP contribution in [0.5, 0.6) is 11.5 Å². The molecule has 1 aromatic carbocycles. The highest BCUT2D eigenvalue weighted by atomic mass is 19.3. The van der Waals surface area contributed by atoms with Crippen molar-refractivity contribution in [3.63, 3.8) is 0 Å². The Labute approximate surface area is 78.9 Å². The van der Waals surface area contributed by atoms with E-state index in [4.69, 9.17) is 5.11 Å². The van der Waals surface area contributed by atoms with Gasteiger partial charge in [0.1, 0.15) is 11.5 Å². The molecule has 0 heterocycles. The van der Waals surface area contributed by atoms with Crippen LogP contribution >= 0.6 is 0 Å². The zero-order chi connectivity index (χ0) is 10.7. The van der Waals surface area contributed by atoms with Crippen molar-refractivity contribution in [3.05, 3.63) is 23.8 Å². The Hall–Kier alpha value is -1.65. The summed E-state index contributed by atoms with van der Waals surface area (Å²) in [5.74, 6) is -1.52. The Morgan fingerprint density at radius 2 is 2.14 bits per heavy atom. The Morgan fingerprint density at radius 3 is 2.64 bits per heavy atom. The number of ether oxygens (including phenoxy) is 1. The molecule has 1 rings (SSSR count). The molecule has 76 valence electrons. The molecule has 0 aliphatic heterocycles. The van der Waals surface area contributed by atoms with Gasteiger partial charge in [0, 0.05) is 6.07 Å². The molecule has 0 radical (unpaired) electrons. The summed E-state index contributed by atoms with van der Waals surface area (Å²) in [7, 11) is 1.23. The molecule has 0 spiro atoms. The molecule has 0 bridgehead atoms. The lowest BCUT2D eigenvalue weighted by atomic mass is 10.1. The van der Waals surface area contributed by atoms with E-state index in [1.165, 1.54) is 7.11 Å². The monoisotopic (exact) mass is 202 g/mol. The summed E-state index contributed by atoms with van der Waals surface area (Å²) in [4.78, 5) is 10.9. The number of hydrogen-bond donors (Lipinski definition) is 1. The minimum atomic E-state index is -3.08. The molecule has 0 aliphatic rings. The SMILES string of the molecule is COc1cc(O)ccc1C(=O)C(F)F. The van der Waals surface area contributed by atoms with Crippen LogP contribution < -0.4 is 4.74 Å². The molecule has 3 nitrogen and oxygen atoms in total. The number of benzene rings is 1. The molecule has 0 saturated carbocycles. The molecular formula is C9H8F2O3. The number of hydrogen-bond acceptors (Lipinski definition) is 3. The molecule has 0 fully saturated rings. The zero-order valence-electron chi connectivity index (χ0n) is 7.33. The molecule has 5 heteroatoms. The van der Waals surface area contributed by atoms with Crippen LogP contribution in [0.3, 0.4) is 0 Å². The molecule has 0 aliphatic carbocycles. The van der Waals surface area contributed by atoms with Crippen molar-refractivity contribution in [3.8, 4) is 11.5 Å². The third kappa shape index (κ3) is 1.99.